The van der Waals surface area contributed by atoms with E-state index in [1.54, 1.807) is 24.3 Å². The lowest BCUT2D eigenvalue weighted by Crippen LogP contribution is -1.96. The van der Waals surface area contributed by atoms with E-state index in [-0.39, 0.29) is 11.4 Å². The van der Waals surface area contributed by atoms with Crippen molar-refractivity contribution in [2.24, 2.45) is 0 Å². The van der Waals surface area contributed by atoms with Gasteiger partial charge in [-0.3, -0.25) is 20.2 Å². The van der Waals surface area contributed by atoms with Gasteiger partial charge in [-0.05, 0) is 30.3 Å². The maximum atomic E-state index is 10.9. The van der Waals surface area contributed by atoms with E-state index in [1.165, 1.54) is 6.07 Å². The minimum absolute atomic E-state index is 0.0528. The van der Waals surface area contributed by atoms with Gasteiger partial charge in [0.1, 0.15) is 5.75 Å². The van der Waals surface area contributed by atoms with E-state index < -0.39 is 15.5 Å². The number of benzene rings is 2. The van der Waals surface area contributed by atoms with Crippen molar-refractivity contribution in [3.8, 4) is 11.5 Å². The van der Waals surface area contributed by atoms with Crippen molar-refractivity contribution >= 4 is 27.3 Å². The number of nitro groups is 2. The second-order valence-corrected chi connectivity index (χ2v) is 4.64. The molecule has 0 aliphatic carbocycles. The van der Waals surface area contributed by atoms with Crippen LogP contribution < -0.4 is 4.74 Å². The molecule has 2 aromatic carbocycles. The van der Waals surface area contributed by atoms with Crippen molar-refractivity contribution < 1.29 is 14.6 Å². The van der Waals surface area contributed by atoms with Crippen LogP contribution in [0.4, 0.5) is 11.4 Å². The molecule has 0 aliphatic rings. The quantitative estimate of drug-likeness (QED) is 0.618. The van der Waals surface area contributed by atoms with Crippen LogP contribution in [0.2, 0.25) is 0 Å². The molecular formula is C12H7BrN2O5. The Morgan fingerprint density at radius 1 is 0.950 bits per heavy atom. The van der Waals surface area contributed by atoms with Gasteiger partial charge in [-0.2, -0.15) is 0 Å². The molecular weight excluding hydrogens is 332 g/mol. The molecule has 2 aromatic rings. The molecule has 0 aliphatic heterocycles. The summed E-state index contributed by atoms with van der Waals surface area (Å²) >= 11 is 3.26. The molecule has 2 rings (SSSR count). The SMILES string of the molecule is O=[N+]([O-])c1ccc(Oc2ccc(Br)cc2)c([N+](=O)[O-])c1. The highest BCUT2D eigenvalue weighted by Gasteiger charge is 2.21. The monoisotopic (exact) mass is 338 g/mol. The Hall–Kier alpha value is -2.48. The lowest BCUT2D eigenvalue weighted by atomic mass is 10.2. The van der Waals surface area contributed by atoms with Crippen molar-refractivity contribution in [2.75, 3.05) is 0 Å². The first-order valence-electron chi connectivity index (χ1n) is 5.33. The minimum Gasteiger partial charge on any atom is -0.450 e. The van der Waals surface area contributed by atoms with E-state index in [2.05, 4.69) is 15.9 Å². The molecule has 0 bridgehead atoms. The van der Waals surface area contributed by atoms with E-state index in [0.29, 0.717) is 5.75 Å². The molecule has 0 aromatic heterocycles. The number of nitro benzene ring substituents is 2. The molecule has 102 valence electrons. The topological polar surface area (TPSA) is 95.5 Å². The summed E-state index contributed by atoms with van der Waals surface area (Å²) in [6, 6.07) is 9.90. The fourth-order valence-electron chi connectivity index (χ4n) is 1.48. The largest absolute Gasteiger partial charge is 0.450 e. The normalized spacial score (nSPS) is 10.1. The first-order chi connectivity index (χ1) is 9.47. The van der Waals surface area contributed by atoms with E-state index in [4.69, 9.17) is 4.74 Å². The smallest absolute Gasteiger partial charge is 0.318 e. The minimum atomic E-state index is -0.721. The predicted molar refractivity (Wildman–Crippen MR) is 74.0 cm³/mol. The van der Waals surface area contributed by atoms with Crippen LogP contribution in [0.15, 0.2) is 46.9 Å². The maximum Gasteiger partial charge on any atom is 0.318 e. The third-order valence-corrected chi connectivity index (χ3v) is 2.92. The predicted octanol–water partition coefficient (Wildman–Crippen LogP) is 4.06. The van der Waals surface area contributed by atoms with Gasteiger partial charge in [0.2, 0.25) is 5.75 Å². The van der Waals surface area contributed by atoms with Gasteiger partial charge in [-0.25, -0.2) is 0 Å². The van der Waals surface area contributed by atoms with Gasteiger partial charge in [0.25, 0.3) is 5.69 Å². The van der Waals surface area contributed by atoms with Gasteiger partial charge in [0.15, 0.2) is 0 Å². The summed E-state index contributed by atoms with van der Waals surface area (Å²) in [4.78, 5) is 20.1. The fraction of sp³-hybridized carbons (Fsp3) is 0. The van der Waals surface area contributed by atoms with Gasteiger partial charge >= 0.3 is 5.69 Å². The maximum absolute atomic E-state index is 10.9. The van der Waals surface area contributed by atoms with Crippen molar-refractivity contribution in [1.82, 2.24) is 0 Å². The van der Waals surface area contributed by atoms with Crippen molar-refractivity contribution in [3.05, 3.63) is 67.2 Å². The van der Waals surface area contributed by atoms with Crippen molar-refractivity contribution in [2.45, 2.75) is 0 Å². The van der Waals surface area contributed by atoms with Crippen LogP contribution in [-0.2, 0) is 0 Å². The lowest BCUT2D eigenvalue weighted by molar-refractivity contribution is -0.394. The molecule has 0 unspecified atom stereocenters. The zero-order valence-corrected chi connectivity index (χ0v) is 11.4. The van der Waals surface area contributed by atoms with Crippen LogP contribution in [0.1, 0.15) is 0 Å². The first kappa shape index (κ1) is 13.9. The fourth-order valence-corrected chi connectivity index (χ4v) is 1.74. The molecule has 0 N–H and O–H groups in total. The molecule has 0 amide bonds. The molecule has 0 atom stereocenters. The van der Waals surface area contributed by atoms with Gasteiger partial charge in [-0.1, -0.05) is 15.9 Å². The Kier molecular flexibility index (Phi) is 3.94. The van der Waals surface area contributed by atoms with Crippen LogP contribution in [0.25, 0.3) is 0 Å². The molecule has 20 heavy (non-hydrogen) atoms. The Morgan fingerprint density at radius 3 is 2.15 bits per heavy atom. The highest BCUT2D eigenvalue weighted by Crippen LogP contribution is 2.34. The van der Waals surface area contributed by atoms with Crippen LogP contribution in [0.3, 0.4) is 0 Å². The molecule has 7 nitrogen and oxygen atoms in total. The molecule has 0 saturated carbocycles. The number of hydrogen-bond donors (Lipinski definition) is 0. The first-order valence-corrected chi connectivity index (χ1v) is 6.13. The zero-order valence-electron chi connectivity index (χ0n) is 9.86. The molecule has 0 spiro atoms. The number of non-ortho nitro benzene ring substituents is 1. The average molecular weight is 339 g/mol. The summed E-state index contributed by atoms with van der Waals surface area (Å²) in [5.41, 5.74) is -0.818. The summed E-state index contributed by atoms with van der Waals surface area (Å²) in [5.74, 6) is 0.341. The third kappa shape index (κ3) is 3.09. The highest BCUT2D eigenvalue weighted by molar-refractivity contribution is 9.10. The van der Waals surface area contributed by atoms with E-state index in [9.17, 15) is 20.2 Å². The number of rotatable bonds is 4. The van der Waals surface area contributed by atoms with Crippen molar-refractivity contribution in [1.29, 1.82) is 0 Å². The Balaban J connectivity index is 2.38. The molecule has 0 radical (unpaired) electrons. The summed E-state index contributed by atoms with van der Waals surface area (Å²) in [5, 5.41) is 21.6. The van der Waals surface area contributed by atoms with Crippen LogP contribution in [0.5, 0.6) is 11.5 Å². The molecule has 8 heteroatoms. The zero-order chi connectivity index (χ0) is 14.7. The standard InChI is InChI=1S/C12H7BrN2O5/c13-8-1-4-10(5-2-8)20-12-6-3-9(14(16)17)7-11(12)15(18)19/h1-7H. The Bertz CT molecular complexity index is 672. The van der Waals surface area contributed by atoms with Gasteiger partial charge in [-0.15, -0.1) is 0 Å². The van der Waals surface area contributed by atoms with E-state index in [1.807, 2.05) is 0 Å². The number of hydrogen-bond acceptors (Lipinski definition) is 5. The summed E-state index contributed by atoms with van der Waals surface area (Å²) in [6.07, 6.45) is 0. The second kappa shape index (κ2) is 5.66. The number of nitrogens with zero attached hydrogens (tertiary/aromatic N) is 2. The second-order valence-electron chi connectivity index (χ2n) is 3.72. The van der Waals surface area contributed by atoms with Crippen LogP contribution in [0, 0.1) is 20.2 Å². The molecule has 0 heterocycles. The van der Waals surface area contributed by atoms with Crippen LogP contribution in [-0.4, -0.2) is 9.85 Å². The van der Waals surface area contributed by atoms with Gasteiger partial charge < -0.3 is 4.74 Å². The summed E-state index contributed by atoms with van der Waals surface area (Å²) in [6.45, 7) is 0. The molecule has 0 fully saturated rings. The summed E-state index contributed by atoms with van der Waals surface area (Å²) in [7, 11) is 0. The lowest BCUT2D eigenvalue weighted by Gasteiger charge is -2.06. The summed E-state index contributed by atoms with van der Waals surface area (Å²) < 4.78 is 6.21. The molecule has 0 saturated heterocycles. The third-order valence-electron chi connectivity index (χ3n) is 2.39. The van der Waals surface area contributed by atoms with Crippen LogP contribution >= 0.6 is 15.9 Å². The van der Waals surface area contributed by atoms with E-state index >= 15 is 0 Å². The average Bonchev–Trinajstić information content (AvgIpc) is 2.41. The Labute approximate surface area is 121 Å². The van der Waals surface area contributed by atoms with E-state index in [0.717, 1.165) is 16.6 Å². The number of halogens is 1. The number of ether oxygens (including phenoxy) is 1. The van der Waals surface area contributed by atoms with Gasteiger partial charge in [0.05, 0.1) is 15.9 Å². The van der Waals surface area contributed by atoms with Gasteiger partial charge in [0, 0.05) is 10.5 Å². The van der Waals surface area contributed by atoms with Crippen molar-refractivity contribution in [3.63, 3.8) is 0 Å². The highest BCUT2D eigenvalue weighted by atomic mass is 79.9. The Morgan fingerprint density at radius 2 is 1.60 bits per heavy atom.